The second kappa shape index (κ2) is 5.32. The average molecular weight is 229 g/mol. The van der Waals surface area contributed by atoms with Gasteiger partial charge in [-0.2, -0.15) is 0 Å². The molecule has 0 aromatic carbocycles. The first-order valence-electron chi connectivity index (χ1n) is 5.57. The number of hydrogen-bond acceptors (Lipinski definition) is 3. The highest BCUT2D eigenvalue weighted by Gasteiger charge is 2.33. The van der Waals surface area contributed by atoms with Gasteiger partial charge in [-0.05, 0) is 17.8 Å². The minimum Gasteiger partial charge on any atom is -0.459 e. The van der Waals surface area contributed by atoms with Crippen LogP contribution in [-0.4, -0.2) is 25.0 Å². The number of nitrogens with one attached hydrogen (secondary N) is 1. The quantitative estimate of drug-likeness (QED) is 0.592. The Labute approximate surface area is 97.7 Å². The lowest BCUT2D eigenvalue weighted by atomic mass is 9.69. The molecule has 0 aliphatic rings. The number of amides is 1. The van der Waals surface area contributed by atoms with Gasteiger partial charge in [-0.3, -0.25) is 4.79 Å². The average Bonchev–Trinajstić information content (AvgIpc) is 2.12. The van der Waals surface area contributed by atoms with E-state index in [-0.39, 0.29) is 17.4 Å². The van der Waals surface area contributed by atoms with Crippen molar-refractivity contribution in [2.45, 2.75) is 41.5 Å². The van der Waals surface area contributed by atoms with Crippen LogP contribution in [0.1, 0.15) is 41.5 Å². The van der Waals surface area contributed by atoms with Gasteiger partial charge in [0.2, 0.25) is 0 Å². The van der Waals surface area contributed by atoms with Crippen LogP contribution in [-0.2, 0) is 14.3 Å². The molecule has 1 N–H and O–H groups in total. The van der Waals surface area contributed by atoms with E-state index in [1.165, 1.54) is 0 Å². The summed E-state index contributed by atoms with van der Waals surface area (Å²) in [5.74, 6) is -1.48. The lowest BCUT2D eigenvalue weighted by Gasteiger charge is -2.38. The molecule has 4 heteroatoms. The molecule has 0 rings (SSSR count). The summed E-state index contributed by atoms with van der Waals surface area (Å²) in [7, 11) is 0. The molecule has 0 aliphatic carbocycles. The Morgan fingerprint density at radius 3 is 2.00 bits per heavy atom. The third-order valence-electron chi connectivity index (χ3n) is 3.18. The van der Waals surface area contributed by atoms with Gasteiger partial charge < -0.3 is 10.1 Å². The van der Waals surface area contributed by atoms with E-state index in [4.69, 9.17) is 0 Å². The molecule has 0 aromatic rings. The molecule has 94 valence electrons. The van der Waals surface area contributed by atoms with E-state index in [2.05, 4.69) is 44.7 Å². The van der Waals surface area contributed by atoms with Gasteiger partial charge in [0, 0.05) is 6.54 Å². The summed E-state index contributed by atoms with van der Waals surface area (Å²) in [5.41, 5.74) is -0.0376. The fourth-order valence-electron chi connectivity index (χ4n) is 0.835. The SMILES string of the molecule is CCOC(=O)C(=O)NCC(C)(C)C(C)(C)C. The molecule has 0 spiro atoms. The summed E-state index contributed by atoms with van der Waals surface area (Å²) in [6.07, 6.45) is 0. The molecule has 0 heterocycles. The maximum Gasteiger partial charge on any atom is 0.396 e. The highest BCUT2D eigenvalue weighted by molar-refractivity contribution is 6.32. The van der Waals surface area contributed by atoms with E-state index in [9.17, 15) is 9.59 Å². The van der Waals surface area contributed by atoms with Gasteiger partial charge in [-0.1, -0.05) is 34.6 Å². The Hall–Kier alpha value is -1.06. The molecule has 16 heavy (non-hydrogen) atoms. The summed E-state index contributed by atoms with van der Waals surface area (Å²) >= 11 is 0. The Kier molecular flexibility index (Phi) is 4.97. The predicted octanol–water partition coefficient (Wildman–Crippen LogP) is 1.74. The Balaban J connectivity index is 4.26. The van der Waals surface area contributed by atoms with Crippen LogP contribution in [0, 0.1) is 10.8 Å². The molecule has 0 fully saturated rings. The summed E-state index contributed by atoms with van der Waals surface area (Å²) in [5, 5.41) is 2.60. The molecule has 0 aromatic heterocycles. The number of hydrogen-bond donors (Lipinski definition) is 1. The van der Waals surface area contributed by atoms with Crippen molar-refractivity contribution in [3.63, 3.8) is 0 Å². The number of ether oxygens (including phenoxy) is 1. The molecule has 0 saturated carbocycles. The van der Waals surface area contributed by atoms with Crippen molar-refractivity contribution in [1.82, 2.24) is 5.32 Å². The minimum atomic E-state index is -0.813. The highest BCUT2D eigenvalue weighted by atomic mass is 16.5. The van der Waals surface area contributed by atoms with Gasteiger partial charge in [-0.25, -0.2) is 4.79 Å². The summed E-state index contributed by atoms with van der Waals surface area (Å²) in [6, 6.07) is 0. The van der Waals surface area contributed by atoms with Crippen molar-refractivity contribution in [2.75, 3.05) is 13.2 Å². The van der Waals surface area contributed by atoms with Crippen molar-refractivity contribution in [1.29, 1.82) is 0 Å². The minimum absolute atomic E-state index is 0.0505. The normalized spacial score (nSPS) is 12.1. The van der Waals surface area contributed by atoms with Gasteiger partial charge >= 0.3 is 11.9 Å². The van der Waals surface area contributed by atoms with Gasteiger partial charge in [-0.15, -0.1) is 0 Å². The van der Waals surface area contributed by atoms with E-state index >= 15 is 0 Å². The molecule has 1 amide bonds. The van der Waals surface area contributed by atoms with Crippen LogP contribution in [0.4, 0.5) is 0 Å². The van der Waals surface area contributed by atoms with Crippen LogP contribution in [0.25, 0.3) is 0 Å². The zero-order chi connectivity index (χ0) is 13.0. The maximum atomic E-state index is 11.3. The third kappa shape index (κ3) is 4.21. The van der Waals surface area contributed by atoms with E-state index in [1.54, 1.807) is 6.92 Å². The second-order valence-electron chi connectivity index (χ2n) is 5.54. The van der Waals surface area contributed by atoms with Gasteiger partial charge in [0.1, 0.15) is 0 Å². The standard InChI is InChI=1S/C12H23NO3/c1-7-16-10(15)9(14)13-8-12(5,6)11(2,3)4/h7-8H2,1-6H3,(H,13,14). The fraction of sp³-hybridized carbons (Fsp3) is 0.833. The van der Waals surface area contributed by atoms with Crippen LogP contribution < -0.4 is 5.32 Å². The third-order valence-corrected chi connectivity index (χ3v) is 3.18. The number of carbonyl (C=O) groups is 2. The number of rotatable bonds is 3. The molecule has 0 unspecified atom stereocenters. The molecule has 0 radical (unpaired) electrons. The molecular formula is C12H23NO3. The Morgan fingerprint density at radius 1 is 1.12 bits per heavy atom. The Bertz CT molecular complexity index is 264. The van der Waals surface area contributed by atoms with Gasteiger partial charge in [0.15, 0.2) is 0 Å². The van der Waals surface area contributed by atoms with Gasteiger partial charge in [0.05, 0.1) is 6.61 Å². The summed E-state index contributed by atoms with van der Waals surface area (Å²) in [4.78, 5) is 22.4. The van der Waals surface area contributed by atoms with Crippen molar-refractivity contribution in [3.05, 3.63) is 0 Å². The predicted molar refractivity (Wildman–Crippen MR) is 62.9 cm³/mol. The number of esters is 1. The smallest absolute Gasteiger partial charge is 0.396 e. The lowest BCUT2D eigenvalue weighted by Crippen LogP contribution is -2.44. The van der Waals surface area contributed by atoms with Crippen LogP contribution in [0.15, 0.2) is 0 Å². The van der Waals surface area contributed by atoms with Crippen LogP contribution in [0.3, 0.4) is 0 Å². The first kappa shape index (κ1) is 14.9. The Morgan fingerprint density at radius 2 is 1.62 bits per heavy atom. The fourth-order valence-corrected chi connectivity index (χ4v) is 0.835. The number of carbonyl (C=O) groups excluding carboxylic acids is 2. The monoisotopic (exact) mass is 229 g/mol. The maximum absolute atomic E-state index is 11.3. The summed E-state index contributed by atoms with van der Waals surface area (Å²) < 4.78 is 4.60. The topological polar surface area (TPSA) is 55.4 Å². The summed E-state index contributed by atoms with van der Waals surface area (Å²) in [6.45, 7) is 12.8. The first-order chi connectivity index (χ1) is 7.12. The van der Waals surface area contributed by atoms with E-state index in [0.717, 1.165) is 0 Å². The molecule has 4 nitrogen and oxygen atoms in total. The highest BCUT2D eigenvalue weighted by Crippen LogP contribution is 2.36. The molecule has 0 bridgehead atoms. The van der Waals surface area contributed by atoms with Crippen molar-refractivity contribution in [2.24, 2.45) is 10.8 Å². The van der Waals surface area contributed by atoms with Crippen molar-refractivity contribution < 1.29 is 14.3 Å². The van der Waals surface area contributed by atoms with Crippen LogP contribution in [0.2, 0.25) is 0 Å². The van der Waals surface area contributed by atoms with E-state index < -0.39 is 11.9 Å². The van der Waals surface area contributed by atoms with Crippen LogP contribution >= 0.6 is 0 Å². The lowest BCUT2D eigenvalue weighted by molar-refractivity contribution is -0.154. The van der Waals surface area contributed by atoms with E-state index in [0.29, 0.717) is 6.54 Å². The van der Waals surface area contributed by atoms with Crippen molar-refractivity contribution >= 4 is 11.9 Å². The molecule has 0 atom stereocenters. The second-order valence-corrected chi connectivity index (χ2v) is 5.54. The zero-order valence-electron chi connectivity index (χ0n) is 11.1. The van der Waals surface area contributed by atoms with Gasteiger partial charge in [0.25, 0.3) is 0 Å². The zero-order valence-corrected chi connectivity index (χ0v) is 11.1. The molecular weight excluding hydrogens is 206 g/mol. The first-order valence-corrected chi connectivity index (χ1v) is 5.57. The molecule has 0 aliphatic heterocycles. The largest absolute Gasteiger partial charge is 0.459 e. The molecule has 0 saturated heterocycles. The van der Waals surface area contributed by atoms with Crippen molar-refractivity contribution in [3.8, 4) is 0 Å². The van der Waals surface area contributed by atoms with Crippen LogP contribution in [0.5, 0.6) is 0 Å². The van der Waals surface area contributed by atoms with E-state index in [1.807, 2.05) is 0 Å².